The van der Waals surface area contributed by atoms with Gasteiger partial charge in [0.1, 0.15) is 0 Å². The third kappa shape index (κ3) is 4.74. The Morgan fingerprint density at radius 2 is 1.76 bits per heavy atom. The second-order valence-electron chi connectivity index (χ2n) is 6.57. The van der Waals surface area contributed by atoms with Crippen LogP contribution in [0.15, 0.2) is 54.6 Å². The first-order valence-electron chi connectivity index (χ1n) is 8.81. The Bertz CT molecular complexity index is 699. The number of para-hydroxylation sites is 1. The molecule has 0 bridgehead atoms. The Labute approximate surface area is 154 Å². The largest absolute Gasteiger partial charge is 0.359 e. The van der Waals surface area contributed by atoms with Crippen molar-refractivity contribution in [2.75, 3.05) is 37.6 Å². The second kappa shape index (κ2) is 8.37. The summed E-state index contributed by atoms with van der Waals surface area (Å²) in [5.74, 6) is 0.109. The molecule has 1 atom stereocenters. The van der Waals surface area contributed by atoms with Gasteiger partial charge in [-0.1, -0.05) is 54.1 Å². The van der Waals surface area contributed by atoms with Crippen molar-refractivity contribution in [3.8, 4) is 0 Å². The summed E-state index contributed by atoms with van der Waals surface area (Å²) < 4.78 is 0. The van der Waals surface area contributed by atoms with Gasteiger partial charge < -0.3 is 15.1 Å². The molecule has 2 aromatic rings. The zero-order chi connectivity index (χ0) is 17.6. The number of nitrogens with zero attached hydrogens (tertiary/aromatic N) is 1. The van der Waals surface area contributed by atoms with Gasteiger partial charge >= 0.3 is 0 Å². The van der Waals surface area contributed by atoms with E-state index < -0.39 is 0 Å². The first-order valence-corrected chi connectivity index (χ1v) is 9.18. The third-order valence-corrected chi connectivity index (χ3v) is 5.07. The molecule has 0 radical (unpaired) electrons. The SMILES string of the molecule is C[C@H](NC(=O)C[NH+]1CCN(c2ccccc2Cl)CC1)c1ccccc1. The number of carbonyl (C=O) groups is 1. The maximum absolute atomic E-state index is 12.3. The molecular formula is C20H25ClN3O+. The van der Waals surface area contributed by atoms with Gasteiger partial charge in [-0.3, -0.25) is 4.79 Å². The Kier molecular flexibility index (Phi) is 5.95. The van der Waals surface area contributed by atoms with Crippen LogP contribution in [0.1, 0.15) is 18.5 Å². The van der Waals surface area contributed by atoms with E-state index >= 15 is 0 Å². The highest BCUT2D eigenvalue weighted by Crippen LogP contribution is 2.24. The monoisotopic (exact) mass is 358 g/mol. The van der Waals surface area contributed by atoms with Crippen LogP contribution in [0.3, 0.4) is 0 Å². The second-order valence-corrected chi connectivity index (χ2v) is 6.97. The lowest BCUT2D eigenvalue weighted by molar-refractivity contribution is -0.892. The van der Waals surface area contributed by atoms with Gasteiger partial charge in [-0.25, -0.2) is 0 Å². The molecular weight excluding hydrogens is 334 g/mol. The van der Waals surface area contributed by atoms with Crippen LogP contribution in [0.4, 0.5) is 5.69 Å². The van der Waals surface area contributed by atoms with Crippen molar-refractivity contribution in [1.82, 2.24) is 5.32 Å². The molecule has 0 saturated carbocycles. The zero-order valence-corrected chi connectivity index (χ0v) is 15.3. The van der Waals surface area contributed by atoms with Crippen molar-refractivity contribution < 1.29 is 9.69 Å². The number of benzene rings is 2. The quantitative estimate of drug-likeness (QED) is 0.856. The van der Waals surface area contributed by atoms with Gasteiger partial charge in [-0.05, 0) is 24.6 Å². The van der Waals surface area contributed by atoms with Crippen LogP contribution in [0.2, 0.25) is 5.02 Å². The van der Waals surface area contributed by atoms with Gasteiger partial charge in [0.15, 0.2) is 6.54 Å². The van der Waals surface area contributed by atoms with Crippen molar-refractivity contribution in [2.45, 2.75) is 13.0 Å². The van der Waals surface area contributed by atoms with E-state index in [9.17, 15) is 4.79 Å². The first-order chi connectivity index (χ1) is 12.1. The summed E-state index contributed by atoms with van der Waals surface area (Å²) in [7, 11) is 0. The maximum Gasteiger partial charge on any atom is 0.275 e. The van der Waals surface area contributed by atoms with E-state index in [1.54, 1.807) is 0 Å². The third-order valence-electron chi connectivity index (χ3n) is 4.75. The van der Waals surface area contributed by atoms with E-state index in [1.807, 2.05) is 55.5 Å². The minimum atomic E-state index is 0.0394. The van der Waals surface area contributed by atoms with Gasteiger partial charge in [-0.2, -0.15) is 0 Å². The van der Waals surface area contributed by atoms with E-state index in [-0.39, 0.29) is 11.9 Å². The summed E-state index contributed by atoms with van der Waals surface area (Å²) in [4.78, 5) is 16.0. The molecule has 5 heteroatoms. The fourth-order valence-corrected chi connectivity index (χ4v) is 3.55. The molecule has 4 nitrogen and oxygen atoms in total. The van der Waals surface area contributed by atoms with Crippen molar-refractivity contribution in [3.05, 3.63) is 65.2 Å². The van der Waals surface area contributed by atoms with Gasteiger partial charge in [0.05, 0.1) is 42.9 Å². The van der Waals surface area contributed by atoms with Crippen molar-refractivity contribution >= 4 is 23.2 Å². The molecule has 0 aliphatic carbocycles. The summed E-state index contributed by atoms with van der Waals surface area (Å²) in [6.45, 7) is 6.27. The Morgan fingerprint density at radius 3 is 2.44 bits per heavy atom. The predicted octanol–water partition coefficient (Wildman–Crippen LogP) is 1.92. The predicted molar refractivity (Wildman–Crippen MR) is 102 cm³/mol. The van der Waals surface area contributed by atoms with Crippen LogP contribution in [0.25, 0.3) is 0 Å². The molecule has 1 amide bonds. The van der Waals surface area contributed by atoms with Crippen molar-refractivity contribution in [1.29, 1.82) is 0 Å². The molecule has 1 heterocycles. The number of amides is 1. The fraction of sp³-hybridized carbons (Fsp3) is 0.350. The fourth-order valence-electron chi connectivity index (χ4n) is 3.29. The summed E-state index contributed by atoms with van der Waals surface area (Å²) in [5, 5.41) is 3.89. The molecule has 1 fully saturated rings. The van der Waals surface area contributed by atoms with E-state index in [0.717, 1.165) is 42.5 Å². The van der Waals surface area contributed by atoms with Crippen LogP contribution in [0.5, 0.6) is 0 Å². The average Bonchev–Trinajstić information content (AvgIpc) is 2.63. The van der Waals surface area contributed by atoms with E-state index in [0.29, 0.717) is 6.54 Å². The molecule has 132 valence electrons. The Hall–Kier alpha value is -2.04. The molecule has 2 aromatic carbocycles. The van der Waals surface area contributed by atoms with E-state index in [2.05, 4.69) is 16.3 Å². The number of halogens is 1. The molecule has 1 aliphatic heterocycles. The molecule has 0 unspecified atom stereocenters. The zero-order valence-electron chi connectivity index (χ0n) is 14.5. The van der Waals surface area contributed by atoms with Crippen LogP contribution in [-0.4, -0.2) is 38.6 Å². The van der Waals surface area contributed by atoms with E-state index in [4.69, 9.17) is 11.6 Å². The summed E-state index contributed by atoms with van der Waals surface area (Å²) in [6, 6.07) is 18.0. The minimum absolute atomic E-state index is 0.0394. The standard InChI is InChI=1S/C20H24ClN3O/c1-16(17-7-3-2-4-8-17)22-20(25)15-23-11-13-24(14-12-23)19-10-6-5-9-18(19)21/h2-10,16H,11-15H2,1H3,(H,22,25)/p+1/t16-/m0/s1. The van der Waals surface area contributed by atoms with Crippen LogP contribution in [-0.2, 0) is 4.79 Å². The maximum atomic E-state index is 12.3. The lowest BCUT2D eigenvalue weighted by Gasteiger charge is -2.33. The Balaban J connectivity index is 1.47. The summed E-state index contributed by atoms with van der Waals surface area (Å²) in [5.41, 5.74) is 2.22. The highest BCUT2D eigenvalue weighted by Gasteiger charge is 2.23. The van der Waals surface area contributed by atoms with E-state index in [1.165, 1.54) is 4.90 Å². The van der Waals surface area contributed by atoms with Crippen LogP contribution in [0, 0.1) is 0 Å². The number of anilines is 1. The van der Waals surface area contributed by atoms with Gasteiger partial charge in [-0.15, -0.1) is 0 Å². The lowest BCUT2D eigenvalue weighted by Crippen LogP contribution is -3.16. The van der Waals surface area contributed by atoms with Gasteiger partial charge in [0.25, 0.3) is 5.91 Å². The minimum Gasteiger partial charge on any atom is -0.359 e. The molecule has 0 aromatic heterocycles. The molecule has 25 heavy (non-hydrogen) atoms. The topological polar surface area (TPSA) is 36.8 Å². The normalized spacial score (nSPS) is 16.5. The van der Waals surface area contributed by atoms with Gasteiger partial charge in [0, 0.05) is 0 Å². The highest BCUT2D eigenvalue weighted by atomic mass is 35.5. The smallest absolute Gasteiger partial charge is 0.275 e. The molecule has 0 spiro atoms. The highest BCUT2D eigenvalue weighted by molar-refractivity contribution is 6.33. The van der Waals surface area contributed by atoms with Crippen LogP contribution < -0.4 is 15.1 Å². The molecule has 1 saturated heterocycles. The molecule has 2 N–H and O–H groups in total. The summed E-state index contributed by atoms with van der Waals surface area (Å²) >= 11 is 6.28. The lowest BCUT2D eigenvalue weighted by atomic mass is 10.1. The number of carbonyl (C=O) groups excluding carboxylic acids is 1. The number of piperazine rings is 1. The molecule has 3 rings (SSSR count). The van der Waals surface area contributed by atoms with Crippen molar-refractivity contribution in [3.63, 3.8) is 0 Å². The molecule has 1 aliphatic rings. The summed E-state index contributed by atoms with van der Waals surface area (Å²) in [6.07, 6.45) is 0. The first kappa shape index (κ1) is 17.8. The van der Waals surface area contributed by atoms with Crippen LogP contribution >= 0.6 is 11.6 Å². The number of hydrogen-bond donors (Lipinski definition) is 2. The number of nitrogens with one attached hydrogen (secondary N) is 2. The number of hydrogen-bond acceptors (Lipinski definition) is 2. The number of quaternary nitrogens is 1. The number of rotatable bonds is 5. The average molecular weight is 359 g/mol. The van der Waals surface area contributed by atoms with Crippen molar-refractivity contribution in [2.24, 2.45) is 0 Å². The van der Waals surface area contributed by atoms with Gasteiger partial charge in [0.2, 0.25) is 0 Å². The Morgan fingerprint density at radius 1 is 1.12 bits per heavy atom.